The number of phosphoric acid groups is 1. The Morgan fingerprint density at radius 3 is 2.05 bits per heavy atom. The first-order valence-corrected chi connectivity index (χ1v) is 14.6. The minimum atomic E-state index is -4.35. The molecule has 0 aromatic carbocycles. The van der Waals surface area contributed by atoms with Crippen molar-refractivity contribution in [3.05, 3.63) is 48.6 Å². The maximum Gasteiger partial charge on any atom is 0.472 e. The molecule has 0 aliphatic carbocycles. The molecule has 2 unspecified atom stereocenters. The largest absolute Gasteiger partial charge is 0.472 e. The van der Waals surface area contributed by atoms with Crippen LogP contribution in [-0.2, 0) is 32.7 Å². The number of allylic oxidation sites excluding steroid dienone is 8. The number of carbonyl (C=O) groups excluding carboxylic acids is 2. The molecule has 0 amide bonds. The highest BCUT2D eigenvalue weighted by molar-refractivity contribution is 7.47. The average molecular weight is 544 g/mol. The Labute approximate surface area is 222 Å². The second-order valence-corrected chi connectivity index (χ2v) is 9.63. The normalized spacial score (nSPS) is 14.6. The molecule has 0 aromatic heterocycles. The molecule has 0 heterocycles. The molecular formula is C27H46NO8P. The van der Waals surface area contributed by atoms with Gasteiger partial charge in [0.1, 0.15) is 6.61 Å². The lowest BCUT2D eigenvalue weighted by atomic mass is 10.2. The molecule has 10 heteroatoms. The van der Waals surface area contributed by atoms with E-state index in [1.165, 1.54) is 0 Å². The summed E-state index contributed by atoms with van der Waals surface area (Å²) in [7, 11) is -4.35. The fourth-order valence-electron chi connectivity index (χ4n) is 2.83. The smallest absolute Gasteiger partial charge is 0.462 e. The van der Waals surface area contributed by atoms with Crippen molar-refractivity contribution in [1.29, 1.82) is 0 Å². The monoisotopic (exact) mass is 543 g/mol. The second-order valence-electron chi connectivity index (χ2n) is 8.18. The van der Waals surface area contributed by atoms with E-state index in [0.29, 0.717) is 12.8 Å². The summed E-state index contributed by atoms with van der Waals surface area (Å²) in [5.41, 5.74) is 5.25. The van der Waals surface area contributed by atoms with Crippen LogP contribution in [0.3, 0.4) is 0 Å². The molecule has 0 aliphatic heterocycles. The number of ether oxygens (including phenoxy) is 2. The van der Waals surface area contributed by atoms with E-state index < -0.39 is 32.5 Å². The molecule has 0 saturated heterocycles. The Morgan fingerprint density at radius 2 is 1.46 bits per heavy atom. The number of esters is 2. The van der Waals surface area contributed by atoms with Crippen LogP contribution in [0.25, 0.3) is 0 Å². The van der Waals surface area contributed by atoms with Crippen LogP contribution < -0.4 is 5.73 Å². The van der Waals surface area contributed by atoms with Gasteiger partial charge in [-0.05, 0) is 51.4 Å². The van der Waals surface area contributed by atoms with Gasteiger partial charge in [0.2, 0.25) is 0 Å². The van der Waals surface area contributed by atoms with E-state index in [0.717, 1.165) is 38.5 Å². The van der Waals surface area contributed by atoms with Crippen molar-refractivity contribution in [2.45, 2.75) is 84.2 Å². The van der Waals surface area contributed by atoms with Crippen molar-refractivity contribution in [3.63, 3.8) is 0 Å². The maximum atomic E-state index is 12.2. The highest BCUT2D eigenvalue weighted by Crippen LogP contribution is 2.43. The molecule has 0 aromatic rings. The average Bonchev–Trinajstić information content (AvgIpc) is 2.87. The first-order valence-electron chi connectivity index (χ1n) is 13.1. The first-order chi connectivity index (χ1) is 17.8. The lowest BCUT2D eigenvalue weighted by Gasteiger charge is -2.19. The SMILES string of the molecule is CC/C=C\C/C=C\C/C=C\C/C=C\CCCCC(=O)OC(COC(=O)CCC)COP(=O)(O)OCCN. The van der Waals surface area contributed by atoms with Crippen LogP contribution in [0.1, 0.15) is 78.1 Å². The van der Waals surface area contributed by atoms with Crippen molar-refractivity contribution >= 4 is 19.8 Å². The highest BCUT2D eigenvalue weighted by Gasteiger charge is 2.25. The number of unbranched alkanes of at least 4 members (excludes halogenated alkanes) is 2. The molecule has 2 atom stereocenters. The molecule has 212 valence electrons. The number of rotatable bonds is 23. The number of carbonyl (C=O) groups is 2. The zero-order valence-corrected chi connectivity index (χ0v) is 23.3. The fraction of sp³-hybridized carbons (Fsp3) is 0.630. The van der Waals surface area contributed by atoms with Crippen molar-refractivity contribution in [3.8, 4) is 0 Å². The molecule has 0 saturated carbocycles. The highest BCUT2D eigenvalue weighted by atomic mass is 31.2. The van der Waals surface area contributed by atoms with Crippen LogP contribution in [0.15, 0.2) is 48.6 Å². The third-order valence-electron chi connectivity index (χ3n) is 4.70. The summed E-state index contributed by atoms with van der Waals surface area (Å²) < 4.78 is 31.7. The van der Waals surface area contributed by atoms with E-state index in [1.54, 1.807) is 0 Å². The standard InChI is InChI=1S/C27H46NO8P/c1-3-5-6-7-8-9-10-11-12-13-14-15-16-17-18-20-27(30)36-25(23-33-26(29)19-4-2)24-35-37(31,32)34-22-21-28/h5-6,8-9,11-12,14-15,25H,3-4,7,10,13,16-24,28H2,1-2H3,(H,31,32)/b6-5-,9-8-,12-11-,15-14-. The van der Waals surface area contributed by atoms with Gasteiger partial charge in [-0.25, -0.2) is 4.57 Å². The van der Waals surface area contributed by atoms with Crippen LogP contribution in [-0.4, -0.2) is 49.3 Å². The fourth-order valence-corrected chi connectivity index (χ4v) is 3.60. The summed E-state index contributed by atoms with van der Waals surface area (Å²) in [6, 6.07) is 0. The summed E-state index contributed by atoms with van der Waals surface area (Å²) in [6.45, 7) is 3.11. The van der Waals surface area contributed by atoms with Crippen molar-refractivity contribution in [1.82, 2.24) is 0 Å². The maximum absolute atomic E-state index is 12.2. The third kappa shape index (κ3) is 24.1. The zero-order chi connectivity index (χ0) is 27.6. The second kappa shape index (κ2) is 24.3. The van der Waals surface area contributed by atoms with Crippen molar-refractivity contribution in [2.75, 3.05) is 26.4 Å². The molecular weight excluding hydrogens is 497 g/mol. The molecule has 0 spiro atoms. The predicted octanol–water partition coefficient (Wildman–Crippen LogP) is 5.70. The summed E-state index contributed by atoms with van der Waals surface area (Å²) in [6.07, 6.45) is 23.2. The number of hydrogen-bond donors (Lipinski definition) is 2. The third-order valence-corrected chi connectivity index (χ3v) is 5.68. The molecule has 0 radical (unpaired) electrons. The zero-order valence-electron chi connectivity index (χ0n) is 22.4. The van der Waals surface area contributed by atoms with Crippen LogP contribution >= 0.6 is 7.82 Å². The minimum Gasteiger partial charge on any atom is -0.462 e. The topological polar surface area (TPSA) is 134 Å². The van der Waals surface area contributed by atoms with Gasteiger partial charge in [0.25, 0.3) is 0 Å². The first kappa shape index (κ1) is 35.0. The van der Waals surface area contributed by atoms with Crippen LogP contribution in [0.5, 0.6) is 0 Å². The molecule has 3 N–H and O–H groups in total. The van der Waals surface area contributed by atoms with Gasteiger partial charge < -0.3 is 20.1 Å². The quantitative estimate of drug-likeness (QED) is 0.0720. The van der Waals surface area contributed by atoms with E-state index in [-0.39, 0.29) is 32.6 Å². The lowest BCUT2D eigenvalue weighted by molar-refractivity contribution is -0.161. The summed E-state index contributed by atoms with van der Waals surface area (Å²) in [5.74, 6) is -0.950. The Kier molecular flexibility index (Phi) is 23.0. The van der Waals surface area contributed by atoms with Gasteiger partial charge in [0.15, 0.2) is 6.10 Å². The molecule has 0 rings (SSSR count). The van der Waals surface area contributed by atoms with Gasteiger partial charge in [0, 0.05) is 19.4 Å². The van der Waals surface area contributed by atoms with E-state index in [9.17, 15) is 19.0 Å². The van der Waals surface area contributed by atoms with Gasteiger partial charge in [-0.15, -0.1) is 0 Å². The Bertz CT molecular complexity index is 764. The molecule has 9 nitrogen and oxygen atoms in total. The van der Waals surface area contributed by atoms with E-state index in [4.69, 9.17) is 19.7 Å². The van der Waals surface area contributed by atoms with Gasteiger partial charge in [-0.3, -0.25) is 18.6 Å². The van der Waals surface area contributed by atoms with Crippen LogP contribution in [0.2, 0.25) is 0 Å². The van der Waals surface area contributed by atoms with Gasteiger partial charge in [-0.2, -0.15) is 0 Å². The van der Waals surface area contributed by atoms with E-state index in [1.807, 2.05) is 6.92 Å². The predicted molar refractivity (Wildman–Crippen MR) is 146 cm³/mol. The van der Waals surface area contributed by atoms with Crippen molar-refractivity contribution in [2.24, 2.45) is 5.73 Å². The lowest BCUT2D eigenvalue weighted by Crippen LogP contribution is -2.29. The Morgan fingerprint density at radius 1 is 0.838 bits per heavy atom. The molecule has 0 bridgehead atoms. The summed E-state index contributed by atoms with van der Waals surface area (Å²) in [5, 5.41) is 0. The molecule has 0 fully saturated rings. The van der Waals surface area contributed by atoms with Crippen LogP contribution in [0, 0.1) is 0 Å². The van der Waals surface area contributed by atoms with E-state index >= 15 is 0 Å². The Hall–Kier alpha value is -2.03. The van der Waals surface area contributed by atoms with Gasteiger partial charge >= 0.3 is 19.8 Å². The van der Waals surface area contributed by atoms with Gasteiger partial charge in [0.05, 0.1) is 13.2 Å². The van der Waals surface area contributed by atoms with E-state index in [2.05, 4.69) is 60.1 Å². The summed E-state index contributed by atoms with van der Waals surface area (Å²) in [4.78, 5) is 33.5. The number of phosphoric ester groups is 1. The van der Waals surface area contributed by atoms with Crippen molar-refractivity contribution < 1.29 is 37.6 Å². The molecule has 0 aliphatic rings. The Balaban J connectivity index is 4.25. The number of nitrogens with two attached hydrogens (primary N) is 1. The summed E-state index contributed by atoms with van der Waals surface area (Å²) >= 11 is 0. The molecule has 37 heavy (non-hydrogen) atoms. The minimum absolute atomic E-state index is 0.0435. The van der Waals surface area contributed by atoms with Crippen LogP contribution in [0.4, 0.5) is 0 Å². The number of hydrogen-bond acceptors (Lipinski definition) is 8. The van der Waals surface area contributed by atoms with Gasteiger partial charge in [-0.1, -0.05) is 62.5 Å².